The molecule has 6 heteroatoms. The lowest BCUT2D eigenvalue weighted by Gasteiger charge is -2.32. The van der Waals surface area contributed by atoms with Crippen molar-refractivity contribution < 1.29 is 14.3 Å². The average Bonchev–Trinajstić information content (AvgIpc) is 2.64. The molecule has 25 heavy (non-hydrogen) atoms. The highest BCUT2D eigenvalue weighted by Crippen LogP contribution is 2.13. The average molecular weight is 347 g/mol. The third-order valence-electron chi connectivity index (χ3n) is 4.33. The van der Waals surface area contributed by atoms with Gasteiger partial charge in [-0.1, -0.05) is 30.3 Å². The largest absolute Gasteiger partial charge is 0.382 e. The molecule has 1 aliphatic heterocycles. The Morgan fingerprint density at radius 1 is 1.16 bits per heavy atom. The predicted octanol–water partition coefficient (Wildman–Crippen LogP) is 1.31. The minimum absolute atomic E-state index is 0.0775. The Labute approximate surface area is 149 Å². The third kappa shape index (κ3) is 7.23. The molecule has 1 aromatic rings. The summed E-state index contributed by atoms with van der Waals surface area (Å²) in [6.07, 6.45) is 2.46. The minimum Gasteiger partial charge on any atom is -0.382 e. The molecule has 138 valence electrons. The number of carbonyl (C=O) groups excluding carboxylic acids is 2. The van der Waals surface area contributed by atoms with Gasteiger partial charge in [0.15, 0.2) is 0 Å². The molecule has 1 saturated heterocycles. The van der Waals surface area contributed by atoms with E-state index in [0.717, 1.165) is 32.5 Å². The molecule has 1 fully saturated rings. The number of hydrogen-bond donors (Lipinski definition) is 2. The molecule has 0 radical (unpaired) electrons. The highest BCUT2D eigenvalue weighted by Gasteiger charge is 2.23. The first kappa shape index (κ1) is 19.4. The van der Waals surface area contributed by atoms with E-state index >= 15 is 0 Å². The van der Waals surface area contributed by atoms with E-state index in [0.29, 0.717) is 26.2 Å². The summed E-state index contributed by atoms with van der Waals surface area (Å²) in [5, 5.41) is 5.48. The van der Waals surface area contributed by atoms with E-state index in [1.54, 1.807) is 0 Å². The SMILES string of the molecule is CCOCCCNC(=O)C(=O)NC1CCN(Cc2ccccc2)CC1. The molecule has 1 aliphatic rings. The number of nitrogens with one attached hydrogen (secondary N) is 2. The van der Waals surface area contributed by atoms with E-state index in [2.05, 4.69) is 39.8 Å². The summed E-state index contributed by atoms with van der Waals surface area (Å²) in [5.41, 5.74) is 1.30. The molecule has 1 heterocycles. The number of amides is 2. The van der Waals surface area contributed by atoms with E-state index < -0.39 is 11.8 Å². The maximum atomic E-state index is 11.9. The van der Waals surface area contributed by atoms with Gasteiger partial charge in [-0.2, -0.15) is 0 Å². The van der Waals surface area contributed by atoms with E-state index in [1.165, 1.54) is 5.56 Å². The molecular formula is C19H29N3O3. The van der Waals surface area contributed by atoms with Crippen LogP contribution >= 0.6 is 0 Å². The van der Waals surface area contributed by atoms with Gasteiger partial charge in [-0.15, -0.1) is 0 Å². The van der Waals surface area contributed by atoms with Gasteiger partial charge in [-0.05, 0) is 31.7 Å². The Balaban J connectivity index is 1.62. The van der Waals surface area contributed by atoms with Gasteiger partial charge in [0, 0.05) is 45.4 Å². The summed E-state index contributed by atoms with van der Waals surface area (Å²) >= 11 is 0. The fourth-order valence-electron chi connectivity index (χ4n) is 2.93. The van der Waals surface area contributed by atoms with E-state index in [-0.39, 0.29) is 6.04 Å². The number of ether oxygens (including phenoxy) is 1. The highest BCUT2D eigenvalue weighted by molar-refractivity contribution is 6.35. The quantitative estimate of drug-likeness (QED) is 0.549. The zero-order valence-electron chi connectivity index (χ0n) is 15.0. The lowest BCUT2D eigenvalue weighted by molar-refractivity contribution is -0.139. The van der Waals surface area contributed by atoms with Crippen molar-refractivity contribution in [3.63, 3.8) is 0 Å². The van der Waals surface area contributed by atoms with Crippen LogP contribution < -0.4 is 10.6 Å². The first-order valence-corrected chi connectivity index (χ1v) is 9.11. The summed E-state index contributed by atoms with van der Waals surface area (Å²) in [6.45, 7) is 6.43. The van der Waals surface area contributed by atoms with Crippen molar-refractivity contribution in [3.05, 3.63) is 35.9 Å². The van der Waals surface area contributed by atoms with Gasteiger partial charge < -0.3 is 15.4 Å². The Bertz CT molecular complexity index is 528. The van der Waals surface area contributed by atoms with Crippen molar-refractivity contribution in [3.8, 4) is 0 Å². The van der Waals surface area contributed by atoms with Gasteiger partial charge in [0.25, 0.3) is 0 Å². The van der Waals surface area contributed by atoms with Crippen LogP contribution in [0.3, 0.4) is 0 Å². The normalized spacial score (nSPS) is 15.7. The Hall–Kier alpha value is -1.92. The van der Waals surface area contributed by atoms with Crippen LogP contribution in [0.15, 0.2) is 30.3 Å². The summed E-state index contributed by atoms with van der Waals surface area (Å²) in [7, 11) is 0. The number of hydrogen-bond acceptors (Lipinski definition) is 4. The molecule has 0 saturated carbocycles. The summed E-state index contributed by atoms with van der Waals surface area (Å²) in [4.78, 5) is 26.1. The van der Waals surface area contributed by atoms with Crippen molar-refractivity contribution in [2.75, 3.05) is 32.8 Å². The van der Waals surface area contributed by atoms with Crippen LogP contribution in [0.5, 0.6) is 0 Å². The van der Waals surface area contributed by atoms with Gasteiger partial charge in [0.05, 0.1) is 0 Å². The molecule has 0 atom stereocenters. The van der Waals surface area contributed by atoms with Gasteiger partial charge >= 0.3 is 11.8 Å². The van der Waals surface area contributed by atoms with Crippen molar-refractivity contribution >= 4 is 11.8 Å². The molecule has 0 spiro atoms. The fraction of sp³-hybridized carbons (Fsp3) is 0.579. The molecule has 1 aromatic carbocycles. The van der Waals surface area contributed by atoms with Crippen LogP contribution in [0.1, 0.15) is 31.7 Å². The van der Waals surface area contributed by atoms with E-state index in [1.807, 2.05) is 13.0 Å². The zero-order chi connectivity index (χ0) is 17.9. The molecule has 2 amide bonds. The molecule has 0 unspecified atom stereocenters. The lowest BCUT2D eigenvalue weighted by atomic mass is 10.0. The first-order chi connectivity index (χ1) is 12.2. The van der Waals surface area contributed by atoms with Gasteiger partial charge in [0.1, 0.15) is 0 Å². The highest BCUT2D eigenvalue weighted by atomic mass is 16.5. The molecular weight excluding hydrogens is 318 g/mol. The Morgan fingerprint density at radius 2 is 1.88 bits per heavy atom. The molecule has 0 aliphatic carbocycles. The number of carbonyl (C=O) groups is 2. The zero-order valence-corrected chi connectivity index (χ0v) is 15.0. The second-order valence-corrected chi connectivity index (χ2v) is 6.32. The molecule has 0 bridgehead atoms. The summed E-state index contributed by atoms with van der Waals surface area (Å²) < 4.78 is 5.19. The van der Waals surface area contributed by atoms with Crippen molar-refractivity contribution in [1.82, 2.24) is 15.5 Å². The smallest absolute Gasteiger partial charge is 0.309 e. The van der Waals surface area contributed by atoms with Crippen molar-refractivity contribution in [2.24, 2.45) is 0 Å². The fourth-order valence-corrected chi connectivity index (χ4v) is 2.93. The maximum absolute atomic E-state index is 11.9. The lowest BCUT2D eigenvalue weighted by Crippen LogP contribution is -2.49. The van der Waals surface area contributed by atoms with Crippen molar-refractivity contribution in [2.45, 2.75) is 38.8 Å². The first-order valence-electron chi connectivity index (χ1n) is 9.11. The van der Waals surface area contributed by atoms with E-state index in [4.69, 9.17) is 4.74 Å². The van der Waals surface area contributed by atoms with Gasteiger partial charge in [-0.3, -0.25) is 14.5 Å². The minimum atomic E-state index is -0.553. The number of benzene rings is 1. The molecule has 2 rings (SSSR count). The van der Waals surface area contributed by atoms with Crippen LogP contribution in [0.25, 0.3) is 0 Å². The topological polar surface area (TPSA) is 70.7 Å². The van der Waals surface area contributed by atoms with Crippen LogP contribution in [0, 0.1) is 0 Å². The van der Waals surface area contributed by atoms with Crippen LogP contribution in [0.2, 0.25) is 0 Å². The predicted molar refractivity (Wildman–Crippen MR) is 97.0 cm³/mol. The molecule has 2 N–H and O–H groups in total. The van der Waals surface area contributed by atoms with E-state index in [9.17, 15) is 9.59 Å². The summed E-state index contributed by atoms with van der Waals surface area (Å²) in [6, 6.07) is 10.5. The van der Waals surface area contributed by atoms with Crippen molar-refractivity contribution in [1.29, 1.82) is 0 Å². The Morgan fingerprint density at radius 3 is 2.56 bits per heavy atom. The number of rotatable bonds is 8. The Kier molecular flexibility index (Phi) is 8.42. The van der Waals surface area contributed by atoms with Crippen LogP contribution in [0.4, 0.5) is 0 Å². The number of likely N-dealkylation sites (tertiary alicyclic amines) is 1. The second kappa shape index (κ2) is 10.8. The molecule has 0 aromatic heterocycles. The number of nitrogens with zero attached hydrogens (tertiary/aromatic N) is 1. The molecule has 6 nitrogen and oxygen atoms in total. The van der Waals surface area contributed by atoms with Crippen LogP contribution in [-0.2, 0) is 20.9 Å². The second-order valence-electron chi connectivity index (χ2n) is 6.32. The van der Waals surface area contributed by atoms with Crippen LogP contribution in [-0.4, -0.2) is 55.6 Å². The number of piperidine rings is 1. The monoisotopic (exact) mass is 347 g/mol. The maximum Gasteiger partial charge on any atom is 0.309 e. The standard InChI is InChI=1S/C19H29N3O3/c1-2-25-14-6-11-20-18(23)19(24)21-17-9-12-22(13-10-17)15-16-7-4-3-5-8-16/h3-5,7-8,17H,2,6,9-15H2,1H3,(H,20,23)(H,21,24). The van der Waals surface area contributed by atoms with Gasteiger partial charge in [-0.25, -0.2) is 0 Å². The third-order valence-corrected chi connectivity index (χ3v) is 4.33. The summed E-state index contributed by atoms with van der Waals surface area (Å²) in [5.74, 6) is -1.08. The van der Waals surface area contributed by atoms with Gasteiger partial charge in [0.2, 0.25) is 0 Å².